The zero-order chi connectivity index (χ0) is 21.9. The molecule has 7 heteroatoms. The highest BCUT2D eigenvalue weighted by atomic mass is 32.2. The number of carbonyl (C=O) groups excluding carboxylic acids is 1. The number of rotatable bonds is 6. The van der Waals surface area contributed by atoms with Gasteiger partial charge in [-0.25, -0.2) is 12.8 Å². The molecule has 0 saturated carbocycles. The van der Waals surface area contributed by atoms with E-state index in [9.17, 15) is 17.6 Å². The van der Waals surface area contributed by atoms with E-state index >= 15 is 0 Å². The molecule has 0 aliphatic heterocycles. The first kappa shape index (κ1) is 21.5. The van der Waals surface area contributed by atoms with Crippen LogP contribution in [0.1, 0.15) is 21.5 Å². The van der Waals surface area contributed by atoms with Gasteiger partial charge in [0.05, 0.1) is 10.6 Å². The van der Waals surface area contributed by atoms with E-state index in [0.717, 1.165) is 5.56 Å². The summed E-state index contributed by atoms with van der Waals surface area (Å²) in [6.07, 6.45) is 0. The van der Waals surface area contributed by atoms with Gasteiger partial charge < -0.3 is 4.90 Å². The van der Waals surface area contributed by atoms with Crippen molar-refractivity contribution < 1.29 is 17.6 Å². The summed E-state index contributed by atoms with van der Waals surface area (Å²) in [4.78, 5) is 14.5. The average molecular weight is 427 g/mol. The van der Waals surface area contributed by atoms with Crippen molar-refractivity contribution in [2.75, 3.05) is 18.4 Å². The second-order valence-electron chi connectivity index (χ2n) is 7.07. The lowest BCUT2D eigenvalue weighted by molar-refractivity contribution is 0.0785. The Labute approximate surface area is 176 Å². The molecule has 3 aromatic carbocycles. The standard InChI is InChI=1S/C23H23FN2O3S/c1-17-15-19(23(27)25(2)16-18-9-12-20(24)13-10-18)11-14-22(17)26(3)30(28,29)21-7-5-4-6-8-21/h4-15H,16H2,1-3H3. The highest BCUT2D eigenvalue weighted by Gasteiger charge is 2.23. The molecule has 0 aliphatic rings. The first-order valence-electron chi connectivity index (χ1n) is 9.34. The number of aryl methyl sites for hydroxylation is 1. The summed E-state index contributed by atoms with van der Waals surface area (Å²) < 4.78 is 40.0. The molecule has 0 spiro atoms. The van der Waals surface area contributed by atoms with Crippen LogP contribution < -0.4 is 4.31 Å². The summed E-state index contributed by atoms with van der Waals surface area (Å²) in [7, 11) is -0.540. The van der Waals surface area contributed by atoms with Crippen molar-refractivity contribution in [3.8, 4) is 0 Å². The largest absolute Gasteiger partial charge is 0.337 e. The second kappa shape index (κ2) is 8.67. The molecule has 3 aromatic rings. The van der Waals surface area contributed by atoms with Crippen LogP contribution in [0.15, 0.2) is 77.7 Å². The third-order valence-corrected chi connectivity index (χ3v) is 6.65. The predicted octanol–water partition coefficient (Wildman–Crippen LogP) is 4.23. The van der Waals surface area contributed by atoms with Crippen molar-refractivity contribution in [3.63, 3.8) is 0 Å². The van der Waals surface area contributed by atoms with Crippen LogP contribution in [0.25, 0.3) is 0 Å². The number of halogens is 1. The Morgan fingerprint density at radius 2 is 1.57 bits per heavy atom. The van der Waals surface area contributed by atoms with Gasteiger partial charge in [0, 0.05) is 26.2 Å². The van der Waals surface area contributed by atoms with E-state index < -0.39 is 10.0 Å². The van der Waals surface area contributed by atoms with E-state index in [1.807, 2.05) is 0 Å². The molecule has 0 saturated heterocycles. The van der Waals surface area contributed by atoms with Gasteiger partial charge in [0.1, 0.15) is 5.82 Å². The lowest BCUT2D eigenvalue weighted by Gasteiger charge is -2.23. The van der Waals surface area contributed by atoms with Gasteiger partial charge in [-0.05, 0) is 60.5 Å². The molecule has 30 heavy (non-hydrogen) atoms. The topological polar surface area (TPSA) is 57.7 Å². The molecule has 1 amide bonds. The maximum absolute atomic E-state index is 13.1. The van der Waals surface area contributed by atoms with Crippen molar-refractivity contribution in [3.05, 3.63) is 95.3 Å². The number of sulfonamides is 1. The van der Waals surface area contributed by atoms with Gasteiger partial charge >= 0.3 is 0 Å². The van der Waals surface area contributed by atoms with Crippen LogP contribution in [0.4, 0.5) is 10.1 Å². The average Bonchev–Trinajstić information content (AvgIpc) is 2.74. The fourth-order valence-electron chi connectivity index (χ4n) is 3.18. The molecule has 0 aliphatic carbocycles. The molecule has 5 nitrogen and oxygen atoms in total. The number of carbonyl (C=O) groups is 1. The Morgan fingerprint density at radius 3 is 2.17 bits per heavy atom. The van der Waals surface area contributed by atoms with Crippen molar-refractivity contribution in [1.82, 2.24) is 4.90 Å². The van der Waals surface area contributed by atoms with Gasteiger partial charge in [0.15, 0.2) is 0 Å². The third-order valence-electron chi connectivity index (χ3n) is 4.86. The Bertz CT molecular complexity index is 1150. The monoisotopic (exact) mass is 426 g/mol. The van der Waals surface area contributed by atoms with Crippen LogP contribution in [0.5, 0.6) is 0 Å². The van der Waals surface area contributed by atoms with E-state index in [0.29, 0.717) is 23.4 Å². The summed E-state index contributed by atoms with van der Waals surface area (Å²) in [6.45, 7) is 2.10. The number of hydrogen-bond acceptors (Lipinski definition) is 3. The number of anilines is 1. The van der Waals surface area contributed by atoms with Gasteiger partial charge in [-0.1, -0.05) is 30.3 Å². The maximum Gasteiger partial charge on any atom is 0.264 e. The van der Waals surface area contributed by atoms with Crippen LogP contribution >= 0.6 is 0 Å². The number of hydrogen-bond donors (Lipinski definition) is 0. The number of benzene rings is 3. The Kier molecular flexibility index (Phi) is 6.22. The normalized spacial score (nSPS) is 11.2. The molecule has 0 aromatic heterocycles. The highest BCUT2D eigenvalue weighted by Crippen LogP contribution is 2.26. The molecule has 0 N–H and O–H groups in total. The van der Waals surface area contributed by atoms with E-state index in [4.69, 9.17) is 0 Å². The first-order chi connectivity index (χ1) is 14.2. The molecular weight excluding hydrogens is 403 g/mol. The molecule has 0 atom stereocenters. The van der Waals surface area contributed by atoms with Crippen LogP contribution in [0.2, 0.25) is 0 Å². The van der Waals surface area contributed by atoms with E-state index in [2.05, 4.69) is 0 Å². The summed E-state index contributed by atoms with van der Waals surface area (Å²) in [5.74, 6) is -0.531. The van der Waals surface area contributed by atoms with Crippen LogP contribution in [0.3, 0.4) is 0 Å². The van der Waals surface area contributed by atoms with E-state index in [1.165, 1.54) is 28.4 Å². The predicted molar refractivity (Wildman–Crippen MR) is 115 cm³/mol. The van der Waals surface area contributed by atoms with Gasteiger partial charge in [-0.15, -0.1) is 0 Å². The minimum absolute atomic E-state index is 0.200. The molecule has 0 fully saturated rings. The Balaban J connectivity index is 1.80. The summed E-state index contributed by atoms with van der Waals surface area (Å²) in [5.41, 5.74) is 2.43. The summed E-state index contributed by atoms with van der Waals surface area (Å²) in [5, 5.41) is 0. The van der Waals surface area contributed by atoms with Gasteiger partial charge in [-0.3, -0.25) is 9.10 Å². The minimum Gasteiger partial charge on any atom is -0.337 e. The maximum atomic E-state index is 13.1. The molecule has 0 bridgehead atoms. The quantitative estimate of drug-likeness (QED) is 0.593. The van der Waals surface area contributed by atoms with Crippen molar-refractivity contribution >= 4 is 21.6 Å². The van der Waals surface area contributed by atoms with Gasteiger partial charge in [-0.2, -0.15) is 0 Å². The smallest absolute Gasteiger partial charge is 0.264 e. The van der Waals surface area contributed by atoms with Gasteiger partial charge in [0.2, 0.25) is 0 Å². The molecule has 3 rings (SSSR count). The second-order valence-corrected chi connectivity index (χ2v) is 9.04. The fraction of sp³-hybridized carbons (Fsp3) is 0.174. The van der Waals surface area contributed by atoms with Crippen LogP contribution in [-0.4, -0.2) is 33.3 Å². The van der Waals surface area contributed by atoms with E-state index in [1.54, 1.807) is 74.6 Å². The number of nitrogens with zero attached hydrogens (tertiary/aromatic N) is 2. The van der Waals surface area contributed by atoms with Crippen LogP contribution in [0, 0.1) is 12.7 Å². The number of amides is 1. The van der Waals surface area contributed by atoms with Crippen molar-refractivity contribution in [1.29, 1.82) is 0 Å². The third kappa shape index (κ3) is 4.52. The fourth-order valence-corrected chi connectivity index (χ4v) is 4.46. The Hall–Kier alpha value is -3.19. The molecular formula is C23H23FN2O3S. The van der Waals surface area contributed by atoms with Crippen LogP contribution in [-0.2, 0) is 16.6 Å². The zero-order valence-electron chi connectivity index (χ0n) is 17.0. The van der Waals surface area contributed by atoms with Crippen molar-refractivity contribution in [2.45, 2.75) is 18.4 Å². The van der Waals surface area contributed by atoms with Crippen molar-refractivity contribution in [2.24, 2.45) is 0 Å². The molecule has 0 heterocycles. The van der Waals surface area contributed by atoms with Gasteiger partial charge in [0.25, 0.3) is 15.9 Å². The lowest BCUT2D eigenvalue weighted by atomic mass is 10.1. The van der Waals surface area contributed by atoms with E-state index in [-0.39, 0.29) is 16.6 Å². The SMILES string of the molecule is Cc1cc(C(=O)N(C)Cc2ccc(F)cc2)ccc1N(C)S(=O)(=O)c1ccccc1. The first-order valence-corrected chi connectivity index (χ1v) is 10.8. The minimum atomic E-state index is -3.70. The molecule has 0 radical (unpaired) electrons. The molecule has 156 valence electrons. The Morgan fingerprint density at radius 1 is 0.933 bits per heavy atom. The molecule has 0 unspecified atom stereocenters. The summed E-state index contributed by atoms with van der Waals surface area (Å²) in [6, 6.07) is 19.1. The summed E-state index contributed by atoms with van der Waals surface area (Å²) >= 11 is 0. The zero-order valence-corrected chi connectivity index (χ0v) is 17.9. The lowest BCUT2D eigenvalue weighted by Crippen LogP contribution is -2.28. The highest BCUT2D eigenvalue weighted by molar-refractivity contribution is 7.92.